The van der Waals surface area contributed by atoms with E-state index >= 15 is 0 Å². The van der Waals surface area contributed by atoms with Gasteiger partial charge in [-0.25, -0.2) is 0 Å². The summed E-state index contributed by atoms with van der Waals surface area (Å²) in [5.74, 6) is 0.194. The van der Waals surface area contributed by atoms with Gasteiger partial charge in [0.2, 0.25) is 5.91 Å². The lowest BCUT2D eigenvalue weighted by Crippen LogP contribution is -2.37. The standard InChI is InChI=1S/C16H25NO2/c1-14(2)17(12-7-13-18)16(19)11-6-10-15-8-4-3-5-9-15/h3-5,8-9,14,18H,6-7,10-13H2,1-2H3. The van der Waals surface area contributed by atoms with Crippen molar-refractivity contribution in [2.45, 2.75) is 45.6 Å². The Morgan fingerprint density at radius 3 is 2.47 bits per heavy atom. The van der Waals surface area contributed by atoms with Gasteiger partial charge in [0.05, 0.1) is 0 Å². The highest BCUT2D eigenvalue weighted by Gasteiger charge is 2.15. The van der Waals surface area contributed by atoms with Crippen LogP contribution in [-0.2, 0) is 11.2 Å². The van der Waals surface area contributed by atoms with E-state index in [1.165, 1.54) is 5.56 Å². The molecule has 0 aliphatic rings. The Balaban J connectivity index is 2.35. The van der Waals surface area contributed by atoms with Gasteiger partial charge < -0.3 is 10.0 Å². The van der Waals surface area contributed by atoms with E-state index < -0.39 is 0 Å². The van der Waals surface area contributed by atoms with Gasteiger partial charge in [0.25, 0.3) is 0 Å². The topological polar surface area (TPSA) is 40.5 Å². The van der Waals surface area contributed by atoms with E-state index in [1.807, 2.05) is 36.9 Å². The maximum atomic E-state index is 12.1. The van der Waals surface area contributed by atoms with Crippen LogP contribution in [0.3, 0.4) is 0 Å². The average Bonchev–Trinajstić information content (AvgIpc) is 2.40. The van der Waals surface area contributed by atoms with Crippen molar-refractivity contribution in [1.29, 1.82) is 0 Å². The third kappa shape index (κ3) is 5.88. The van der Waals surface area contributed by atoms with Gasteiger partial charge in [-0.3, -0.25) is 4.79 Å². The Labute approximate surface area is 116 Å². The van der Waals surface area contributed by atoms with Crippen molar-refractivity contribution in [2.75, 3.05) is 13.2 Å². The second-order valence-corrected chi connectivity index (χ2v) is 5.10. The molecule has 1 amide bonds. The summed E-state index contributed by atoms with van der Waals surface area (Å²) in [6, 6.07) is 10.4. The summed E-state index contributed by atoms with van der Waals surface area (Å²) in [4.78, 5) is 14.0. The van der Waals surface area contributed by atoms with Gasteiger partial charge in [-0.05, 0) is 38.7 Å². The van der Waals surface area contributed by atoms with Crippen molar-refractivity contribution in [1.82, 2.24) is 4.90 Å². The van der Waals surface area contributed by atoms with Crippen LogP contribution in [0.4, 0.5) is 0 Å². The summed E-state index contributed by atoms with van der Waals surface area (Å²) in [6.07, 6.45) is 3.06. The van der Waals surface area contributed by atoms with Crippen molar-refractivity contribution in [3.63, 3.8) is 0 Å². The predicted molar refractivity (Wildman–Crippen MR) is 77.9 cm³/mol. The molecule has 0 aliphatic heterocycles. The van der Waals surface area contributed by atoms with Crippen LogP contribution in [0.15, 0.2) is 30.3 Å². The number of carbonyl (C=O) groups is 1. The van der Waals surface area contributed by atoms with Crippen molar-refractivity contribution >= 4 is 5.91 Å². The lowest BCUT2D eigenvalue weighted by Gasteiger charge is -2.26. The molecule has 0 fully saturated rings. The van der Waals surface area contributed by atoms with Crippen LogP contribution in [0, 0.1) is 0 Å². The Kier molecular flexibility index (Phi) is 7.19. The lowest BCUT2D eigenvalue weighted by molar-refractivity contribution is -0.133. The van der Waals surface area contributed by atoms with Gasteiger partial charge in [-0.15, -0.1) is 0 Å². The number of aliphatic hydroxyl groups is 1. The van der Waals surface area contributed by atoms with Gasteiger partial charge in [-0.1, -0.05) is 30.3 Å². The minimum atomic E-state index is 0.139. The minimum absolute atomic E-state index is 0.139. The number of carbonyl (C=O) groups excluding carboxylic acids is 1. The van der Waals surface area contributed by atoms with Crippen LogP contribution in [0.25, 0.3) is 0 Å². The number of nitrogens with zero attached hydrogens (tertiary/aromatic N) is 1. The van der Waals surface area contributed by atoms with E-state index in [0.717, 1.165) is 12.8 Å². The number of aliphatic hydroxyl groups excluding tert-OH is 1. The minimum Gasteiger partial charge on any atom is -0.396 e. The number of amides is 1. The second kappa shape index (κ2) is 8.70. The molecule has 0 unspecified atom stereocenters. The Morgan fingerprint density at radius 2 is 1.89 bits per heavy atom. The monoisotopic (exact) mass is 263 g/mol. The summed E-state index contributed by atoms with van der Waals surface area (Å²) in [6.45, 7) is 4.83. The number of rotatable bonds is 8. The molecule has 1 rings (SSSR count). The SMILES string of the molecule is CC(C)N(CCCO)C(=O)CCCc1ccccc1. The van der Waals surface area contributed by atoms with Crippen LogP contribution in [0.2, 0.25) is 0 Å². The summed E-state index contributed by atoms with van der Waals surface area (Å²) >= 11 is 0. The van der Waals surface area contributed by atoms with E-state index in [4.69, 9.17) is 5.11 Å². The zero-order chi connectivity index (χ0) is 14.1. The first kappa shape index (κ1) is 15.7. The van der Waals surface area contributed by atoms with Crippen LogP contribution < -0.4 is 0 Å². The van der Waals surface area contributed by atoms with Gasteiger partial charge in [0, 0.05) is 25.6 Å². The lowest BCUT2D eigenvalue weighted by atomic mass is 10.1. The van der Waals surface area contributed by atoms with E-state index in [0.29, 0.717) is 19.4 Å². The molecule has 0 spiro atoms. The third-order valence-corrected chi connectivity index (χ3v) is 3.20. The number of hydrogen-bond donors (Lipinski definition) is 1. The van der Waals surface area contributed by atoms with Gasteiger partial charge >= 0.3 is 0 Å². The molecule has 1 N–H and O–H groups in total. The molecular formula is C16H25NO2. The molecule has 0 atom stereocenters. The van der Waals surface area contributed by atoms with Crippen molar-refractivity contribution in [3.05, 3.63) is 35.9 Å². The molecule has 106 valence electrons. The molecule has 1 aromatic rings. The maximum absolute atomic E-state index is 12.1. The largest absolute Gasteiger partial charge is 0.396 e. The summed E-state index contributed by atoms with van der Waals surface area (Å²) in [5, 5.41) is 8.87. The van der Waals surface area contributed by atoms with Crippen LogP contribution >= 0.6 is 0 Å². The highest BCUT2D eigenvalue weighted by Crippen LogP contribution is 2.09. The third-order valence-electron chi connectivity index (χ3n) is 3.20. The summed E-state index contributed by atoms with van der Waals surface area (Å²) in [7, 11) is 0. The van der Waals surface area contributed by atoms with E-state index in [1.54, 1.807) is 0 Å². The Hall–Kier alpha value is -1.35. The Morgan fingerprint density at radius 1 is 1.21 bits per heavy atom. The molecule has 1 aromatic carbocycles. The first-order chi connectivity index (χ1) is 9.15. The molecule has 0 heterocycles. The van der Waals surface area contributed by atoms with Gasteiger partial charge in [-0.2, -0.15) is 0 Å². The molecule has 3 heteroatoms. The zero-order valence-electron chi connectivity index (χ0n) is 12.0. The molecule has 0 radical (unpaired) electrons. The Bertz CT molecular complexity index is 362. The van der Waals surface area contributed by atoms with Crippen LogP contribution in [0.1, 0.15) is 38.7 Å². The van der Waals surface area contributed by atoms with E-state index in [9.17, 15) is 4.79 Å². The number of hydrogen-bond acceptors (Lipinski definition) is 2. The molecular weight excluding hydrogens is 238 g/mol. The quantitative estimate of drug-likeness (QED) is 0.783. The smallest absolute Gasteiger partial charge is 0.222 e. The van der Waals surface area contributed by atoms with E-state index in [2.05, 4.69) is 12.1 Å². The van der Waals surface area contributed by atoms with Crippen molar-refractivity contribution < 1.29 is 9.90 Å². The van der Waals surface area contributed by atoms with Gasteiger partial charge in [0.15, 0.2) is 0 Å². The zero-order valence-corrected chi connectivity index (χ0v) is 12.0. The fraction of sp³-hybridized carbons (Fsp3) is 0.562. The number of benzene rings is 1. The fourth-order valence-electron chi connectivity index (χ4n) is 2.14. The molecule has 3 nitrogen and oxygen atoms in total. The predicted octanol–water partition coefficient (Wildman–Crippen LogP) is 2.63. The molecule has 19 heavy (non-hydrogen) atoms. The maximum Gasteiger partial charge on any atom is 0.222 e. The number of aryl methyl sites for hydroxylation is 1. The summed E-state index contributed by atoms with van der Waals surface area (Å²) in [5.41, 5.74) is 1.28. The first-order valence-corrected chi connectivity index (χ1v) is 7.09. The molecule has 0 aliphatic carbocycles. The highest BCUT2D eigenvalue weighted by molar-refractivity contribution is 5.76. The molecule has 0 saturated carbocycles. The average molecular weight is 263 g/mol. The van der Waals surface area contributed by atoms with Crippen LogP contribution in [-0.4, -0.2) is 35.1 Å². The van der Waals surface area contributed by atoms with Gasteiger partial charge in [0.1, 0.15) is 0 Å². The second-order valence-electron chi connectivity index (χ2n) is 5.10. The molecule has 0 aromatic heterocycles. The molecule has 0 bridgehead atoms. The van der Waals surface area contributed by atoms with E-state index in [-0.39, 0.29) is 18.6 Å². The first-order valence-electron chi connectivity index (χ1n) is 7.09. The fourth-order valence-corrected chi connectivity index (χ4v) is 2.14. The van der Waals surface area contributed by atoms with Crippen LogP contribution in [0.5, 0.6) is 0 Å². The van der Waals surface area contributed by atoms with Crippen molar-refractivity contribution in [3.8, 4) is 0 Å². The normalized spacial score (nSPS) is 10.7. The van der Waals surface area contributed by atoms with Crippen molar-refractivity contribution in [2.24, 2.45) is 0 Å². The highest BCUT2D eigenvalue weighted by atomic mass is 16.3. The molecule has 0 saturated heterocycles. The summed E-state index contributed by atoms with van der Waals surface area (Å²) < 4.78 is 0.